The lowest BCUT2D eigenvalue weighted by molar-refractivity contribution is 0.587. The van der Waals surface area contributed by atoms with Gasteiger partial charge in [0.2, 0.25) is 0 Å². The van der Waals surface area contributed by atoms with Gasteiger partial charge in [-0.15, -0.1) is 0 Å². The lowest BCUT2D eigenvalue weighted by Gasteiger charge is -2.28. The third-order valence-electron chi connectivity index (χ3n) is 2.67. The van der Waals surface area contributed by atoms with E-state index in [2.05, 4.69) is 23.7 Å². The van der Waals surface area contributed by atoms with Gasteiger partial charge in [-0.05, 0) is 18.9 Å². The van der Waals surface area contributed by atoms with Crippen molar-refractivity contribution >= 4 is 23.1 Å². The summed E-state index contributed by atoms with van der Waals surface area (Å²) in [6.45, 7) is 4.33. The number of pyridine rings is 1. The first-order valence-corrected chi connectivity index (χ1v) is 5.61. The van der Waals surface area contributed by atoms with Gasteiger partial charge in [0.1, 0.15) is 5.82 Å². The van der Waals surface area contributed by atoms with E-state index in [9.17, 15) is 0 Å². The lowest BCUT2D eigenvalue weighted by Crippen LogP contribution is -2.31. The van der Waals surface area contributed by atoms with Gasteiger partial charge < -0.3 is 10.6 Å². The summed E-state index contributed by atoms with van der Waals surface area (Å²) in [5.74, 6) is 0.805. The van der Waals surface area contributed by atoms with Crippen LogP contribution in [0.3, 0.4) is 0 Å². The summed E-state index contributed by atoms with van der Waals surface area (Å²) >= 11 is 6.10. The number of halogens is 1. The molecule has 0 amide bonds. The standard InChI is InChI=1S/C11H18ClN3/c1-4-9(5-2)15(3)11-10(12)6-8(13)7-14-11/h6-7,9H,4-5,13H2,1-3H3. The first-order chi connectivity index (χ1) is 7.10. The monoisotopic (exact) mass is 227 g/mol. The van der Waals surface area contributed by atoms with Gasteiger partial charge in [0.25, 0.3) is 0 Å². The molecule has 0 unspecified atom stereocenters. The van der Waals surface area contributed by atoms with Crippen LogP contribution in [-0.4, -0.2) is 18.1 Å². The Hall–Kier alpha value is -0.960. The molecule has 0 atom stereocenters. The molecule has 0 spiro atoms. The second kappa shape index (κ2) is 5.21. The number of aromatic nitrogens is 1. The third kappa shape index (κ3) is 2.75. The van der Waals surface area contributed by atoms with Crippen LogP contribution in [0.25, 0.3) is 0 Å². The van der Waals surface area contributed by atoms with Gasteiger partial charge in [0, 0.05) is 13.1 Å². The number of nitrogen functional groups attached to an aromatic ring is 1. The smallest absolute Gasteiger partial charge is 0.147 e. The fourth-order valence-electron chi connectivity index (χ4n) is 1.71. The van der Waals surface area contributed by atoms with E-state index >= 15 is 0 Å². The number of nitrogens with zero attached hydrogens (tertiary/aromatic N) is 2. The Balaban J connectivity index is 2.94. The van der Waals surface area contributed by atoms with Crippen molar-refractivity contribution in [3.05, 3.63) is 17.3 Å². The zero-order valence-corrected chi connectivity index (χ0v) is 10.3. The van der Waals surface area contributed by atoms with Gasteiger partial charge in [0.15, 0.2) is 0 Å². The van der Waals surface area contributed by atoms with Crippen molar-refractivity contribution in [1.82, 2.24) is 4.98 Å². The molecule has 1 aromatic heterocycles. The summed E-state index contributed by atoms with van der Waals surface area (Å²) in [6.07, 6.45) is 3.80. The van der Waals surface area contributed by atoms with Crippen molar-refractivity contribution in [3.8, 4) is 0 Å². The second-order valence-corrected chi connectivity index (χ2v) is 4.06. The molecule has 1 rings (SSSR count). The number of hydrogen-bond donors (Lipinski definition) is 1. The molecular formula is C11H18ClN3. The topological polar surface area (TPSA) is 42.2 Å². The van der Waals surface area contributed by atoms with Gasteiger partial charge in [0.05, 0.1) is 16.9 Å². The van der Waals surface area contributed by atoms with Gasteiger partial charge in [-0.2, -0.15) is 0 Å². The molecule has 0 saturated heterocycles. The Morgan fingerprint density at radius 1 is 1.47 bits per heavy atom. The molecule has 2 N–H and O–H groups in total. The number of rotatable bonds is 4. The normalized spacial score (nSPS) is 10.7. The minimum Gasteiger partial charge on any atom is -0.397 e. The maximum Gasteiger partial charge on any atom is 0.147 e. The molecular weight excluding hydrogens is 210 g/mol. The van der Waals surface area contributed by atoms with Crippen molar-refractivity contribution in [2.45, 2.75) is 32.7 Å². The molecule has 1 heterocycles. The first-order valence-electron chi connectivity index (χ1n) is 5.24. The van der Waals surface area contributed by atoms with Gasteiger partial charge >= 0.3 is 0 Å². The first kappa shape index (κ1) is 12.1. The Kier molecular flexibility index (Phi) is 4.21. The van der Waals surface area contributed by atoms with Crippen molar-refractivity contribution < 1.29 is 0 Å². The van der Waals surface area contributed by atoms with E-state index in [4.69, 9.17) is 17.3 Å². The summed E-state index contributed by atoms with van der Waals surface area (Å²) < 4.78 is 0. The summed E-state index contributed by atoms with van der Waals surface area (Å²) in [7, 11) is 2.02. The highest BCUT2D eigenvalue weighted by molar-refractivity contribution is 6.33. The van der Waals surface area contributed by atoms with Crippen LogP contribution in [0.4, 0.5) is 11.5 Å². The Labute approximate surface area is 96.2 Å². The van der Waals surface area contributed by atoms with Crippen LogP contribution < -0.4 is 10.6 Å². The highest BCUT2D eigenvalue weighted by Gasteiger charge is 2.15. The molecule has 84 valence electrons. The molecule has 0 aliphatic heterocycles. The third-order valence-corrected chi connectivity index (χ3v) is 2.95. The maximum absolute atomic E-state index is 6.10. The van der Waals surface area contributed by atoms with Gasteiger partial charge in [-0.3, -0.25) is 0 Å². The SMILES string of the molecule is CCC(CC)N(C)c1ncc(N)cc1Cl. The molecule has 4 heteroatoms. The lowest BCUT2D eigenvalue weighted by atomic mass is 10.1. The molecule has 1 aromatic rings. The molecule has 0 aliphatic rings. The van der Waals surface area contributed by atoms with E-state index in [-0.39, 0.29) is 0 Å². The van der Waals surface area contributed by atoms with Crippen molar-refractivity contribution in [2.75, 3.05) is 17.7 Å². The van der Waals surface area contributed by atoms with E-state index in [1.54, 1.807) is 12.3 Å². The predicted molar refractivity (Wildman–Crippen MR) is 66.4 cm³/mol. The fraction of sp³-hybridized carbons (Fsp3) is 0.545. The van der Waals surface area contributed by atoms with Crippen LogP contribution >= 0.6 is 11.6 Å². The van der Waals surface area contributed by atoms with Crippen LogP contribution in [0.15, 0.2) is 12.3 Å². The van der Waals surface area contributed by atoms with E-state index in [1.165, 1.54) is 0 Å². The summed E-state index contributed by atoms with van der Waals surface area (Å²) in [5, 5.41) is 0.615. The van der Waals surface area contributed by atoms with E-state index in [1.807, 2.05) is 7.05 Å². The Morgan fingerprint density at radius 3 is 2.53 bits per heavy atom. The zero-order valence-electron chi connectivity index (χ0n) is 9.50. The number of anilines is 2. The molecule has 15 heavy (non-hydrogen) atoms. The van der Waals surface area contributed by atoms with Crippen LogP contribution in [-0.2, 0) is 0 Å². The summed E-state index contributed by atoms with van der Waals surface area (Å²) in [5.41, 5.74) is 6.20. The van der Waals surface area contributed by atoms with Crippen LogP contribution in [0, 0.1) is 0 Å². The summed E-state index contributed by atoms with van der Waals surface area (Å²) in [4.78, 5) is 6.38. The molecule has 0 aromatic carbocycles. The van der Waals surface area contributed by atoms with Crippen LogP contribution in [0.1, 0.15) is 26.7 Å². The molecule has 0 bridgehead atoms. The molecule has 0 saturated carbocycles. The summed E-state index contributed by atoms with van der Waals surface area (Å²) in [6, 6.07) is 2.21. The maximum atomic E-state index is 6.10. The van der Waals surface area contributed by atoms with Crippen molar-refractivity contribution in [2.24, 2.45) is 0 Å². The second-order valence-electron chi connectivity index (χ2n) is 3.66. The highest BCUT2D eigenvalue weighted by atomic mass is 35.5. The van der Waals surface area contributed by atoms with E-state index in [0.29, 0.717) is 16.8 Å². The van der Waals surface area contributed by atoms with Gasteiger partial charge in [-0.1, -0.05) is 25.4 Å². The molecule has 0 radical (unpaired) electrons. The zero-order chi connectivity index (χ0) is 11.4. The fourth-order valence-corrected chi connectivity index (χ4v) is 2.02. The number of nitrogens with two attached hydrogens (primary N) is 1. The van der Waals surface area contributed by atoms with Crippen molar-refractivity contribution in [3.63, 3.8) is 0 Å². The van der Waals surface area contributed by atoms with Crippen LogP contribution in [0.2, 0.25) is 5.02 Å². The van der Waals surface area contributed by atoms with E-state index < -0.39 is 0 Å². The largest absolute Gasteiger partial charge is 0.397 e. The highest BCUT2D eigenvalue weighted by Crippen LogP contribution is 2.26. The Morgan fingerprint density at radius 2 is 2.07 bits per heavy atom. The molecule has 3 nitrogen and oxygen atoms in total. The van der Waals surface area contributed by atoms with Crippen molar-refractivity contribution in [1.29, 1.82) is 0 Å². The van der Waals surface area contributed by atoms with Crippen LogP contribution in [0.5, 0.6) is 0 Å². The molecule has 0 fully saturated rings. The Bertz CT molecular complexity index is 324. The van der Waals surface area contributed by atoms with Gasteiger partial charge in [-0.25, -0.2) is 4.98 Å². The molecule has 0 aliphatic carbocycles. The average Bonchev–Trinajstić information content (AvgIpc) is 2.19. The minimum atomic E-state index is 0.471. The predicted octanol–water partition coefficient (Wildman–Crippen LogP) is 2.94. The average molecular weight is 228 g/mol. The quantitative estimate of drug-likeness (QED) is 0.860. The number of hydrogen-bond acceptors (Lipinski definition) is 3. The van der Waals surface area contributed by atoms with E-state index in [0.717, 1.165) is 18.7 Å². The minimum absolute atomic E-state index is 0.471.